The van der Waals surface area contributed by atoms with Crippen LogP contribution in [-0.2, 0) is 6.42 Å². The molecule has 2 aromatic heterocycles. The fourth-order valence-corrected chi connectivity index (χ4v) is 6.09. The number of rotatable bonds is 12. The van der Waals surface area contributed by atoms with E-state index in [1.165, 1.54) is 73.3 Å². The minimum atomic E-state index is 1.26. The molecule has 0 bridgehead atoms. The minimum Gasteiger partial charge on any atom is -0.143 e. The van der Waals surface area contributed by atoms with Crippen LogP contribution in [-0.4, -0.2) is 5.75 Å². The molecule has 0 radical (unpaired) electrons. The Morgan fingerprint density at radius 1 is 0.913 bits per heavy atom. The SMILES string of the molecule is CCCCCCSc1csc(-c2cccs2)c1CCCCCC. The molecule has 0 aliphatic rings. The van der Waals surface area contributed by atoms with Crippen molar-refractivity contribution in [1.29, 1.82) is 0 Å². The third-order valence-electron chi connectivity index (χ3n) is 4.14. The summed E-state index contributed by atoms with van der Waals surface area (Å²) in [5.74, 6) is 1.28. The van der Waals surface area contributed by atoms with Gasteiger partial charge in [0, 0.05) is 20.0 Å². The van der Waals surface area contributed by atoms with E-state index in [1.807, 2.05) is 22.7 Å². The Kier molecular flexibility index (Phi) is 9.40. The Bertz CT molecular complexity index is 525. The predicted octanol–water partition coefficient (Wildman–Crippen LogP) is 8.27. The number of thioether (sulfide) groups is 1. The van der Waals surface area contributed by atoms with Crippen LogP contribution in [0.4, 0.5) is 0 Å². The second-order valence-electron chi connectivity index (χ2n) is 6.10. The van der Waals surface area contributed by atoms with Gasteiger partial charge in [-0.25, -0.2) is 0 Å². The van der Waals surface area contributed by atoms with E-state index < -0.39 is 0 Å². The van der Waals surface area contributed by atoms with Crippen LogP contribution in [0.5, 0.6) is 0 Å². The molecule has 2 rings (SSSR count). The number of hydrogen-bond donors (Lipinski definition) is 0. The first-order valence-electron chi connectivity index (χ1n) is 9.13. The largest absolute Gasteiger partial charge is 0.143 e. The van der Waals surface area contributed by atoms with Crippen molar-refractivity contribution in [2.24, 2.45) is 0 Å². The maximum atomic E-state index is 2.41. The molecule has 0 aromatic carbocycles. The first-order chi connectivity index (χ1) is 11.4. The summed E-state index contributed by atoms with van der Waals surface area (Å²) in [4.78, 5) is 4.55. The van der Waals surface area contributed by atoms with Gasteiger partial charge >= 0.3 is 0 Å². The predicted molar refractivity (Wildman–Crippen MR) is 110 cm³/mol. The summed E-state index contributed by atoms with van der Waals surface area (Å²) in [7, 11) is 0. The van der Waals surface area contributed by atoms with Crippen molar-refractivity contribution >= 4 is 34.4 Å². The van der Waals surface area contributed by atoms with E-state index in [4.69, 9.17) is 0 Å². The molecule has 0 spiro atoms. The van der Waals surface area contributed by atoms with E-state index in [-0.39, 0.29) is 0 Å². The summed E-state index contributed by atoms with van der Waals surface area (Å²) in [6.07, 6.45) is 12.1. The highest BCUT2D eigenvalue weighted by Gasteiger charge is 2.14. The zero-order chi connectivity index (χ0) is 16.3. The van der Waals surface area contributed by atoms with Crippen LogP contribution < -0.4 is 0 Å². The highest BCUT2D eigenvalue weighted by molar-refractivity contribution is 7.99. The number of thiophene rings is 2. The first kappa shape index (κ1) is 19.1. The molecule has 0 aliphatic carbocycles. The molecule has 0 N–H and O–H groups in total. The van der Waals surface area contributed by atoms with Crippen molar-refractivity contribution in [2.75, 3.05) is 5.75 Å². The fourth-order valence-electron chi connectivity index (χ4n) is 2.78. The van der Waals surface area contributed by atoms with E-state index in [1.54, 1.807) is 10.5 Å². The Balaban J connectivity index is 1.98. The van der Waals surface area contributed by atoms with E-state index >= 15 is 0 Å². The van der Waals surface area contributed by atoms with Gasteiger partial charge in [-0.3, -0.25) is 0 Å². The maximum absolute atomic E-state index is 2.41. The molecule has 0 nitrogen and oxygen atoms in total. The Hall–Kier alpha value is -0.250. The van der Waals surface area contributed by atoms with E-state index in [0.717, 1.165) is 0 Å². The van der Waals surface area contributed by atoms with Crippen molar-refractivity contribution < 1.29 is 0 Å². The van der Waals surface area contributed by atoms with Crippen LogP contribution in [0, 0.1) is 0 Å². The fraction of sp³-hybridized carbons (Fsp3) is 0.600. The van der Waals surface area contributed by atoms with Gasteiger partial charge in [0.05, 0.1) is 0 Å². The van der Waals surface area contributed by atoms with Crippen molar-refractivity contribution in [1.82, 2.24) is 0 Å². The highest BCUT2D eigenvalue weighted by atomic mass is 32.2. The van der Waals surface area contributed by atoms with Crippen LogP contribution in [0.3, 0.4) is 0 Å². The zero-order valence-corrected chi connectivity index (χ0v) is 17.1. The average Bonchev–Trinajstić information content (AvgIpc) is 3.21. The topological polar surface area (TPSA) is 0 Å². The van der Waals surface area contributed by atoms with Gasteiger partial charge in [0.15, 0.2) is 0 Å². The second-order valence-corrected chi connectivity index (χ2v) is 9.07. The molecule has 23 heavy (non-hydrogen) atoms. The van der Waals surface area contributed by atoms with Gasteiger partial charge in [-0.05, 0) is 42.0 Å². The van der Waals surface area contributed by atoms with Crippen molar-refractivity contribution in [3.05, 3.63) is 28.5 Å². The summed E-state index contributed by atoms with van der Waals surface area (Å²) in [5, 5.41) is 4.61. The number of unbranched alkanes of at least 4 members (excludes halogenated alkanes) is 6. The Morgan fingerprint density at radius 3 is 2.39 bits per heavy atom. The maximum Gasteiger partial charge on any atom is 0.0486 e. The molecule has 0 unspecified atom stereocenters. The molecule has 2 aromatic rings. The molecular formula is C20H30S3. The molecule has 128 valence electrons. The standard InChI is InChI=1S/C20H30S3/c1-3-5-7-9-12-17-19(22-14-10-8-6-4-2)16-23-20(17)18-13-11-15-21-18/h11,13,15-16H,3-10,12,14H2,1-2H3. The summed E-state index contributed by atoms with van der Waals surface area (Å²) < 4.78 is 0. The lowest BCUT2D eigenvalue weighted by atomic mass is 10.1. The van der Waals surface area contributed by atoms with Gasteiger partial charge in [-0.1, -0.05) is 58.4 Å². The van der Waals surface area contributed by atoms with Gasteiger partial charge in [-0.2, -0.15) is 0 Å². The summed E-state index contributed by atoms with van der Waals surface area (Å²) in [6.45, 7) is 4.58. The van der Waals surface area contributed by atoms with E-state index in [9.17, 15) is 0 Å². The smallest absolute Gasteiger partial charge is 0.0486 e. The Morgan fingerprint density at radius 2 is 1.70 bits per heavy atom. The molecule has 3 heteroatoms. The molecule has 0 saturated heterocycles. The van der Waals surface area contributed by atoms with Crippen LogP contribution >= 0.6 is 34.4 Å². The Labute approximate surface area is 154 Å². The molecule has 0 amide bonds. The summed E-state index contributed by atoms with van der Waals surface area (Å²) in [5.41, 5.74) is 1.63. The van der Waals surface area contributed by atoms with Gasteiger partial charge in [0.2, 0.25) is 0 Å². The third-order valence-corrected chi connectivity index (χ3v) is 7.53. The quantitative estimate of drug-likeness (QED) is 0.269. The lowest BCUT2D eigenvalue weighted by molar-refractivity contribution is 0.665. The van der Waals surface area contributed by atoms with Crippen molar-refractivity contribution in [3.8, 4) is 9.75 Å². The van der Waals surface area contributed by atoms with Gasteiger partial charge in [0.25, 0.3) is 0 Å². The van der Waals surface area contributed by atoms with Crippen molar-refractivity contribution in [3.63, 3.8) is 0 Å². The number of hydrogen-bond acceptors (Lipinski definition) is 3. The highest BCUT2D eigenvalue weighted by Crippen LogP contribution is 2.40. The summed E-state index contributed by atoms with van der Waals surface area (Å²) >= 11 is 5.93. The molecule has 0 atom stereocenters. The first-order valence-corrected chi connectivity index (χ1v) is 11.9. The third kappa shape index (κ3) is 6.28. The lowest BCUT2D eigenvalue weighted by Gasteiger charge is -2.07. The molecular weight excluding hydrogens is 336 g/mol. The average molecular weight is 367 g/mol. The molecule has 2 heterocycles. The van der Waals surface area contributed by atoms with Crippen LogP contribution in [0.2, 0.25) is 0 Å². The molecule has 0 fully saturated rings. The van der Waals surface area contributed by atoms with Gasteiger partial charge < -0.3 is 0 Å². The molecule has 0 saturated carbocycles. The van der Waals surface area contributed by atoms with Crippen molar-refractivity contribution in [2.45, 2.75) is 76.5 Å². The monoisotopic (exact) mass is 366 g/mol. The van der Waals surface area contributed by atoms with E-state index in [2.05, 4.69) is 48.5 Å². The van der Waals surface area contributed by atoms with E-state index in [0.29, 0.717) is 0 Å². The van der Waals surface area contributed by atoms with Crippen LogP contribution in [0.1, 0.15) is 70.8 Å². The molecule has 0 aliphatic heterocycles. The van der Waals surface area contributed by atoms with Crippen LogP contribution in [0.15, 0.2) is 27.8 Å². The zero-order valence-electron chi connectivity index (χ0n) is 14.6. The van der Waals surface area contributed by atoms with Gasteiger partial charge in [0.1, 0.15) is 0 Å². The lowest BCUT2D eigenvalue weighted by Crippen LogP contribution is -1.89. The normalized spacial score (nSPS) is 11.2. The summed E-state index contributed by atoms with van der Waals surface area (Å²) in [6, 6.07) is 4.46. The van der Waals surface area contributed by atoms with Crippen LogP contribution in [0.25, 0.3) is 9.75 Å². The second kappa shape index (κ2) is 11.3. The minimum absolute atomic E-state index is 1.26. The van der Waals surface area contributed by atoms with Gasteiger partial charge in [-0.15, -0.1) is 34.4 Å².